The fourth-order valence-corrected chi connectivity index (χ4v) is 0.429. The first kappa shape index (κ1) is 8.52. The van der Waals surface area contributed by atoms with E-state index in [4.69, 9.17) is 11.2 Å². The third-order valence-corrected chi connectivity index (χ3v) is 1.32. The molecule has 0 aromatic carbocycles. The molecule has 1 heteroatoms. The molecule has 52 valence electrons. The Morgan fingerprint density at radius 2 is 2.11 bits per heavy atom. The number of terminal acetylenes is 1. The lowest BCUT2D eigenvalue weighted by atomic mass is 9.91. The Morgan fingerprint density at radius 3 is 2.44 bits per heavy atom. The van der Waals surface area contributed by atoms with E-state index in [-0.39, 0.29) is 5.41 Å². The lowest BCUT2D eigenvalue weighted by Crippen LogP contribution is -2.10. The number of methoxy groups -OCH3 is 1. The predicted octanol–water partition coefficient (Wildman–Crippen LogP) is 1.68. The standard InChI is InChI=1S/C8H14O/c1-5-8(2,3)6-7-9-4/h1H,6-7H2,2-4H3. The van der Waals surface area contributed by atoms with Crippen LogP contribution in [0.15, 0.2) is 0 Å². The summed E-state index contributed by atoms with van der Waals surface area (Å²) in [6, 6.07) is 0. The monoisotopic (exact) mass is 126 g/mol. The van der Waals surface area contributed by atoms with Crippen molar-refractivity contribution in [3.05, 3.63) is 0 Å². The molecule has 0 amide bonds. The lowest BCUT2D eigenvalue weighted by molar-refractivity contribution is 0.170. The maximum Gasteiger partial charge on any atom is 0.0476 e. The van der Waals surface area contributed by atoms with Gasteiger partial charge in [-0.05, 0) is 20.3 Å². The van der Waals surface area contributed by atoms with Gasteiger partial charge in [0.1, 0.15) is 0 Å². The average Bonchev–Trinajstić information content (AvgIpc) is 1.84. The Morgan fingerprint density at radius 1 is 1.56 bits per heavy atom. The van der Waals surface area contributed by atoms with Crippen LogP contribution in [0.25, 0.3) is 0 Å². The van der Waals surface area contributed by atoms with Crippen LogP contribution in [-0.4, -0.2) is 13.7 Å². The molecular formula is C8H14O. The van der Waals surface area contributed by atoms with Crippen LogP contribution in [0, 0.1) is 17.8 Å². The van der Waals surface area contributed by atoms with Crippen molar-refractivity contribution in [3.63, 3.8) is 0 Å². The van der Waals surface area contributed by atoms with Crippen LogP contribution in [0.4, 0.5) is 0 Å². The summed E-state index contributed by atoms with van der Waals surface area (Å²) in [4.78, 5) is 0. The van der Waals surface area contributed by atoms with E-state index < -0.39 is 0 Å². The van der Waals surface area contributed by atoms with Gasteiger partial charge >= 0.3 is 0 Å². The molecule has 0 saturated heterocycles. The van der Waals surface area contributed by atoms with E-state index in [0.29, 0.717) is 0 Å². The van der Waals surface area contributed by atoms with Crippen molar-refractivity contribution in [2.24, 2.45) is 5.41 Å². The number of hydrogen-bond donors (Lipinski definition) is 0. The summed E-state index contributed by atoms with van der Waals surface area (Å²) in [7, 11) is 1.69. The van der Waals surface area contributed by atoms with Crippen molar-refractivity contribution < 1.29 is 4.74 Å². The second kappa shape index (κ2) is 3.53. The fraction of sp³-hybridized carbons (Fsp3) is 0.750. The van der Waals surface area contributed by atoms with E-state index in [1.54, 1.807) is 7.11 Å². The van der Waals surface area contributed by atoms with Crippen molar-refractivity contribution in [2.75, 3.05) is 13.7 Å². The molecule has 0 aliphatic heterocycles. The quantitative estimate of drug-likeness (QED) is 0.523. The first-order valence-corrected chi connectivity index (χ1v) is 3.09. The van der Waals surface area contributed by atoms with Crippen molar-refractivity contribution >= 4 is 0 Å². The molecule has 0 aliphatic rings. The van der Waals surface area contributed by atoms with Crippen LogP contribution < -0.4 is 0 Å². The van der Waals surface area contributed by atoms with Crippen molar-refractivity contribution in [1.82, 2.24) is 0 Å². The summed E-state index contributed by atoms with van der Waals surface area (Å²) in [6.45, 7) is 4.81. The highest BCUT2D eigenvalue weighted by molar-refractivity contribution is 4.99. The van der Waals surface area contributed by atoms with Gasteiger partial charge in [0.05, 0.1) is 0 Å². The highest BCUT2D eigenvalue weighted by atomic mass is 16.5. The second-order valence-corrected chi connectivity index (χ2v) is 2.77. The van der Waals surface area contributed by atoms with E-state index in [0.717, 1.165) is 13.0 Å². The van der Waals surface area contributed by atoms with Gasteiger partial charge in [0.2, 0.25) is 0 Å². The molecule has 0 aromatic rings. The van der Waals surface area contributed by atoms with E-state index in [9.17, 15) is 0 Å². The molecule has 1 nitrogen and oxygen atoms in total. The van der Waals surface area contributed by atoms with Gasteiger partial charge in [-0.2, -0.15) is 0 Å². The number of rotatable bonds is 3. The topological polar surface area (TPSA) is 9.23 Å². The minimum Gasteiger partial charge on any atom is -0.385 e. The maximum absolute atomic E-state index is 5.24. The summed E-state index contributed by atoms with van der Waals surface area (Å²) in [6.07, 6.45) is 6.17. The minimum absolute atomic E-state index is 0.00396. The number of hydrogen-bond acceptors (Lipinski definition) is 1. The Kier molecular flexibility index (Phi) is 3.34. The Labute approximate surface area is 57.4 Å². The molecule has 0 N–H and O–H groups in total. The van der Waals surface area contributed by atoms with Gasteiger partial charge < -0.3 is 4.74 Å². The van der Waals surface area contributed by atoms with Crippen molar-refractivity contribution in [2.45, 2.75) is 20.3 Å². The molecular weight excluding hydrogens is 112 g/mol. The van der Waals surface area contributed by atoms with Gasteiger partial charge in [0.25, 0.3) is 0 Å². The SMILES string of the molecule is C#CC(C)(C)CCOC. The van der Waals surface area contributed by atoms with Gasteiger partial charge in [-0.1, -0.05) is 0 Å². The maximum atomic E-state index is 5.24. The smallest absolute Gasteiger partial charge is 0.0476 e. The molecule has 9 heavy (non-hydrogen) atoms. The predicted molar refractivity (Wildman–Crippen MR) is 39.1 cm³/mol. The average molecular weight is 126 g/mol. The minimum atomic E-state index is -0.00396. The first-order valence-electron chi connectivity index (χ1n) is 3.09. The molecule has 0 aliphatic carbocycles. The summed E-state index contributed by atoms with van der Waals surface area (Å²) >= 11 is 0. The molecule has 0 unspecified atom stereocenters. The third kappa shape index (κ3) is 4.05. The molecule has 0 rings (SSSR count). The Bertz CT molecular complexity index is 108. The molecule has 0 radical (unpaired) electrons. The van der Waals surface area contributed by atoms with Crippen molar-refractivity contribution in [3.8, 4) is 12.3 Å². The third-order valence-electron chi connectivity index (χ3n) is 1.32. The first-order chi connectivity index (χ1) is 4.12. The van der Waals surface area contributed by atoms with E-state index >= 15 is 0 Å². The van der Waals surface area contributed by atoms with Gasteiger partial charge in [0.15, 0.2) is 0 Å². The van der Waals surface area contributed by atoms with E-state index in [1.807, 2.05) is 13.8 Å². The van der Waals surface area contributed by atoms with E-state index in [1.165, 1.54) is 0 Å². The largest absolute Gasteiger partial charge is 0.385 e. The zero-order chi connectivity index (χ0) is 7.33. The molecule has 0 bridgehead atoms. The zero-order valence-electron chi connectivity index (χ0n) is 6.40. The summed E-state index contributed by atoms with van der Waals surface area (Å²) in [5.41, 5.74) is -0.00396. The highest BCUT2D eigenvalue weighted by Crippen LogP contribution is 2.17. The summed E-state index contributed by atoms with van der Waals surface area (Å²) < 4.78 is 4.88. The molecule has 0 fully saturated rings. The van der Waals surface area contributed by atoms with E-state index in [2.05, 4.69) is 5.92 Å². The molecule has 0 heterocycles. The van der Waals surface area contributed by atoms with Crippen LogP contribution in [-0.2, 0) is 4.74 Å². The van der Waals surface area contributed by atoms with Crippen LogP contribution in [0.3, 0.4) is 0 Å². The van der Waals surface area contributed by atoms with Gasteiger partial charge in [-0.3, -0.25) is 0 Å². The second-order valence-electron chi connectivity index (χ2n) is 2.77. The zero-order valence-corrected chi connectivity index (χ0v) is 6.40. The summed E-state index contributed by atoms with van der Waals surface area (Å²) in [5.74, 6) is 2.70. The van der Waals surface area contributed by atoms with Gasteiger partial charge in [0, 0.05) is 19.1 Å². The Hall–Kier alpha value is -0.480. The van der Waals surface area contributed by atoms with Crippen molar-refractivity contribution in [1.29, 1.82) is 0 Å². The van der Waals surface area contributed by atoms with Gasteiger partial charge in [-0.25, -0.2) is 0 Å². The fourth-order valence-electron chi connectivity index (χ4n) is 0.429. The van der Waals surface area contributed by atoms with Crippen LogP contribution in [0.1, 0.15) is 20.3 Å². The highest BCUT2D eigenvalue weighted by Gasteiger charge is 2.11. The Balaban J connectivity index is 3.49. The van der Waals surface area contributed by atoms with Crippen LogP contribution >= 0.6 is 0 Å². The lowest BCUT2D eigenvalue weighted by Gasteiger charge is -2.15. The summed E-state index contributed by atoms with van der Waals surface area (Å²) in [5, 5.41) is 0. The van der Waals surface area contributed by atoms with Gasteiger partial charge in [-0.15, -0.1) is 12.3 Å². The molecule has 0 atom stereocenters. The molecule has 0 spiro atoms. The van der Waals surface area contributed by atoms with Crippen LogP contribution in [0.2, 0.25) is 0 Å². The number of ether oxygens (including phenoxy) is 1. The normalized spacial score (nSPS) is 10.9. The van der Waals surface area contributed by atoms with Crippen LogP contribution in [0.5, 0.6) is 0 Å². The molecule has 0 aromatic heterocycles. The molecule has 0 saturated carbocycles.